The maximum atomic E-state index is 15.6. The second-order valence-corrected chi connectivity index (χ2v) is 18.0. The Bertz CT molecular complexity index is 4030. The lowest BCUT2D eigenvalue weighted by Crippen LogP contribution is -2.11. The van der Waals surface area contributed by atoms with Crippen LogP contribution in [-0.2, 0) is 12.4 Å². The first-order valence-electron chi connectivity index (χ1n) is 23.7. The van der Waals surface area contributed by atoms with Gasteiger partial charge in [-0.1, -0.05) is 109 Å². The van der Waals surface area contributed by atoms with Gasteiger partial charge in [-0.15, -0.1) is 0 Å². The molecule has 0 fully saturated rings. The molecule has 7 nitrogen and oxygen atoms in total. The van der Waals surface area contributed by atoms with Crippen LogP contribution in [0.3, 0.4) is 0 Å². The summed E-state index contributed by atoms with van der Waals surface area (Å²) in [7, 11) is 0. The zero-order valence-corrected chi connectivity index (χ0v) is 40.0. The van der Waals surface area contributed by atoms with Crippen LogP contribution in [0.2, 0.25) is 0 Å². The van der Waals surface area contributed by atoms with Crippen molar-refractivity contribution >= 4 is 33.2 Å². The van der Waals surface area contributed by atoms with E-state index in [2.05, 4.69) is 21.8 Å². The molecule has 0 N–H and O–H groups in total. The largest absolute Gasteiger partial charge is 0.417 e. The average molecular weight is 1010 g/mol. The molecular formula is C64H33F6N7. The van der Waals surface area contributed by atoms with Crippen molar-refractivity contribution in [1.82, 2.24) is 14.5 Å². The number of benzene rings is 9. The maximum Gasteiger partial charge on any atom is 0.417 e. The van der Waals surface area contributed by atoms with Crippen LogP contribution in [0, 0.1) is 35.8 Å². The molecule has 0 atom stereocenters. The molecule has 13 heteroatoms. The first kappa shape index (κ1) is 48.7. The van der Waals surface area contributed by atoms with Crippen LogP contribution in [0.4, 0.5) is 37.7 Å². The molecule has 0 saturated heterocycles. The number of nitrogens with zero attached hydrogens (tertiary/aromatic N) is 7. The summed E-state index contributed by atoms with van der Waals surface area (Å²) in [6.07, 6.45) is -9.90. The third-order valence-corrected chi connectivity index (χ3v) is 13.3. The molecule has 0 unspecified atom stereocenters. The predicted molar refractivity (Wildman–Crippen MR) is 286 cm³/mol. The number of hydrogen-bond donors (Lipinski definition) is 0. The minimum Gasteiger partial charge on any atom is -0.308 e. The van der Waals surface area contributed by atoms with Gasteiger partial charge in [-0.05, 0) is 124 Å². The Hall–Kier alpha value is -10.6. The molecule has 0 spiro atoms. The van der Waals surface area contributed by atoms with Gasteiger partial charge in [0.05, 0.1) is 64.5 Å². The Morgan fingerprint density at radius 3 is 1.22 bits per heavy atom. The van der Waals surface area contributed by atoms with Crippen LogP contribution in [-0.4, -0.2) is 14.5 Å². The molecule has 2 heterocycles. The Morgan fingerprint density at radius 2 is 0.818 bits per heavy atom. The van der Waals surface area contributed by atoms with E-state index < -0.39 is 23.5 Å². The van der Waals surface area contributed by atoms with Crippen LogP contribution in [0.15, 0.2) is 200 Å². The molecule has 0 amide bonds. The molecule has 11 aromatic rings. The summed E-state index contributed by atoms with van der Waals surface area (Å²) in [6, 6.07) is 57.0. The zero-order valence-electron chi connectivity index (χ0n) is 40.0. The molecule has 0 radical (unpaired) electrons. The average Bonchev–Trinajstić information content (AvgIpc) is 4.08. The highest BCUT2D eigenvalue weighted by molar-refractivity contribution is 6.13. The molecule has 77 heavy (non-hydrogen) atoms. The van der Waals surface area contributed by atoms with Gasteiger partial charge < -0.3 is 4.57 Å². The summed E-state index contributed by atoms with van der Waals surface area (Å²) in [4.78, 5) is 17.1. The van der Waals surface area contributed by atoms with Gasteiger partial charge in [0.1, 0.15) is 0 Å². The van der Waals surface area contributed by atoms with Crippen molar-refractivity contribution in [3.63, 3.8) is 0 Å². The van der Waals surface area contributed by atoms with Crippen LogP contribution in [0.1, 0.15) is 22.3 Å². The van der Waals surface area contributed by atoms with Crippen LogP contribution in [0.5, 0.6) is 0 Å². The number of aromatic nitrogens is 3. The second-order valence-electron chi connectivity index (χ2n) is 18.0. The van der Waals surface area contributed by atoms with Crippen molar-refractivity contribution in [1.29, 1.82) is 10.5 Å². The van der Waals surface area contributed by atoms with Gasteiger partial charge in [0.15, 0.2) is 17.2 Å². The van der Waals surface area contributed by atoms with E-state index in [1.807, 2.05) is 60.7 Å². The summed E-state index contributed by atoms with van der Waals surface area (Å²) in [5.74, 6) is 0.0292. The molecule has 366 valence electrons. The summed E-state index contributed by atoms with van der Waals surface area (Å²) < 4.78 is 95.5. The monoisotopic (exact) mass is 1010 g/mol. The fourth-order valence-electron chi connectivity index (χ4n) is 9.87. The van der Waals surface area contributed by atoms with Gasteiger partial charge >= 0.3 is 12.4 Å². The van der Waals surface area contributed by atoms with Gasteiger partial charge in [-0.3, -0.25) is 0 Å². The first-order valence-corrected chi connectivity index (χ1v) is 23.7. The summed E-state index contributed by atoms with van der Waals surface area (Å²) in [5, 5.41) is 20.9. The standard InChI is InChI=1S/C64H33F6N7/c1-73-47-27-38(36-71)25-44(29-47)42-21-23-59-51(31-42)52-32-43(45-26-39(37-72)28-48(30-45)74-2)22-24-60(52)77(59)61-53(49-17-9-11-19-55(49)63(65,66)67)33-46(34-54(61)50-18-10-12-20-56(50)64(68,69)70)62-75-57(40-13-5-3-6-14-40)35-58(76-62)41-15-7-4-8-16-41/h3-35H. The Labute approximate surface area is 436 Å². The predicted octanol–water partition coefficient (Wildman–Crippen LogP) is 18.1. The molecule has 0 aliphatic rings. The minimum absolute atomic E-state index is 0.0292. The summed E-state index contributed by atoms with van der Waals surface area (Å²) in [6.45, 7) is 15.5. The van der Waals surface area contributed by atoms with Crippen molar-refractivity contribution in [3.8, 4) is 96.2 Å². The minimum atomic E-state index is -4.95. The third kappa shape index (κ3) is 9.16. The number of rotatable bonds is 8. The highest BCUT2D eigenvalue weighted by Gasteiger charge is 2.37. The van der Waals surface area contributed by atoms with Gasteiger partial charge in [0.25, 0.3) is 0 Å². The number of nitriles is 2. The number of hydrogen-bond acceptors (Lipinski definition) is 4. The highest BCUT2D eigenvalue weighted by atomic mass is 19.4. The lowest BCUT2D eigenvalue weighted by Gasteiger charge is -2.24. The lowest BCUT2D eigenvalue weighted by molar-refractivity contribution is -0.137. The molecule has 0 bridgehead atoms. The second kappa shape index (κ2) is 19.3. The van der Waals surface area contributed by atoms with E-state index in [-0.39, 0.29) is 61.8 Å². The van der Waals surface area contributed by atoms with Crippen LogP contribution < -0.4 is 0 Å². The van der Waals surface area contributed by atoms with Gasteiger partial charge in [0, 0.05) is 49.7 Å². The Morgan fingerprint density at radius 1 is 0.403 bits per heavy atom. The quantitative estimate of drug-likeness (QED) is 0.112. The van der Waals surface area contributed by atoms with Crippen molar-refractivity contribution in [2.24, 2.45) is 0 Å². The molecule has 0 saturated carbocycles. The van der Waals surface area contributed by atoms with Crippen molar-refractivity contribution in [2.45, 2.75) is 12.4 Å². The third-order valence-electron chi connectivity index (χ3n) is 13.3. The Kier molecular flexibility index (Phi) is 12.2. The fraction of sp³-hybridized carbons (Fsp3) is 0.0312. The van der Waals surface area contributed by atoms with Crippen LogP contribution in [0.25, 0.3) is 116 Å². The number of alkyl halides is 6. The van der Waals surface area contributed by atoms with Gasteiger partial charge in [0.2, 0.25) is 0 Å². The SMILES string of the molecule is [C-]#[N+]c1cc(C#N)cc(-c2ccc3c(c2)c2cc(-c4cc(C#N)cc([N+]#[C-])c4)ccc2n3-c2c(-c3ccccc3C(F)(F)F)cc(-c3nc(-c4ccccc4)cc(-c4ccccc4)n3)cc2-c2ccccc2C(F)(F)F)c1. The first-order chi connectivity index (χ1) is 37.2. The van der Waals surface area contributed by atoms with Crippen molar-refractivity contribution in [3.05, 3.63) is 245 Å². The molecule has 2 aromatic heterocycles. The lowest BCUT2D eigenvalue weighted by atomic mass is 9.88. The van der Waals surface area contributed by atoms with Crippen molar-refractivity contribution in [2.75, 3.05) is 0 Å². The topological polar surface area (TPSA) is 87.0 Å². The molecule has 11 rings (SSSR count). The van der Waals surface area contributed by atoms with E-state index in [4.69, 9.17) is 23.1 Å². The Balaban J connectivity index is 1.32. The van der Waals surface area contributed by atoms with E-state index in [0.29, 0.717) is 66.6 Å². The zero-order chi connectivity index (χ0) is 53.6. The van der Waals surface area contributed by atoms with Crippen LogP contribution >= 0.6 is 0 Å². The molecular weight excluding hydrogens is 981 g/mol. The van der Waals surface area contributed by atoms with Gasteiger partial charge in [-0.25, -0.2) is 19.7 Å². The number of halogens is 6. The number of fused-ring (bicyclic) bond motifs is 3. The van der Waals surface area contributed by atoms with E-state index in [1.165, 1.54) is 60.7 Å². The smallest absolute Gasteiger partial charge is 0.308 e. The summed E-state index contributed by atoms with van der Waals surface area (Å²) in [5.41, 5.74) is 3.09. The fourth-order valence-corrected chi connectivity index (χ4v) is 9.87. The van der Waals surface area contributed by atoms with E-state index in [9.17, 15) is 10.5 Å². The molecule has 0 aliphatic carbocycles. The van der Waals surface area contributed by atoms with E-state index >= 15 is 26.3 Å². The molecule has 9 aromatic carbocycles. The van der Waals surface area contributed by atoms with E-state index in [0.717, 1.165) is 12.1 Å². The normalized spacial score (nSPS) is 11.5. The van der Waals surface area contributed by atoms with Gasteiger partial charge in [-0.2, -0.15) is 36.9 Å². The van der Waals surface area contributed by atoms with E-state index in [1.54, 1.807) is 71.3 Å². The highest BCUT2D eigenvalue weighted by Crippen LogP contribution is 2.50. The molecule has 0 aliphatic heterocycles. The maximum absolute atomic E-state index is 15.6. The summed E-state index contributed by atoms with van der Waals surface area (Å²) >= 11 is 0. The van der Waals surface area contributed by atoms with Crippen molar-refractivity contribution < 1.29 is 26.3 Å².